The number of phenolic OH excluding ortho intramolecular Hbond substituents is 1. The van der Waals surface area contributed by atoms with E-state index in [2.05, 4.69) is 0 Å². The molecule has 1 fully saturated rings. The van der Waals surface area contributed by atoms with Crippen LogP contribution in [0.3, 0.4) is 0 Å². The number of benzene rings is 3. The maximum absolute atomic E-state index is 13.5. The Morgan fingerprint density at radius 2 is 1.40 bits per heavy atom. The summed E-state index contributed by atoms with van der Waals surface area (Å²) in [5.74, 6) is 1.16. The van der Waals surface area contributed by atoms with Gasteiger partial charge in [-0.25, -0.2) is 8.42 Å². The smallest absolute Gasteiger partial charge is 0.243 e. The Morgan fingerprint density at radius 3 is 1.98 bits per heavy atom. The van der Waals surface area contributed by atoms with E-state index in [4.69, 9.17) is 9.47 Å². The van der Waals surface area contributed by atoms with Crippen LogP contribution < -0.4 is 9.47 Å². The zero-order valence-electron chi connectivity index (χ0n) is 23.3. The summed E-state index contributed by atoms with van der Waals surface area (Å²) in [7, 11) is -0.840. The molecule has 0 aliphatic carbocycles. The second-order valence-electron chi connectivity index (χ2n) is 10.3. The van der Waals surface area contributed by atoms with Crippen LogP contribution in [0.25, 0.3) is 0 Å². The molecule has 1 aliphatic rings. The molecule has 40 heavy (non-hydrogen) atoms. The Balaban J connectivity index is 1.44. The van der Waals surface area contributed by atoms with Crippen LogP contribution >= 0.6 is 0 Å². The molecular weight excluding hydrogens is 530 g/mol. The monoisotopic (exact) mass is 565 g/mol. The van der Waals surface area contributed by atoms with E-state index in [0.29, 0.717) is 35.5 Å². The highest BCUT2D eigenvalue weighted by atomic mass is 32.2. The summed E-state index contributed by atoms with van der Waals surface area (Å²) in [4.78, 5) is 26.0. The minimum absolute atomic E-state index is 0.0144. The number of rotatable bonds is 11. The van der Waals surface area contributed by atoms with Gasteiger partial charge in [-0.05, 0) is 78.8 Å². The van der Waals surface area contributed by atoms with Crippen LogP contribution in [0, 0.1) is 13.8 Å². The summed E-state index contributed by atoms with van der Waals surface area (Å²) in [6, 6.07) is 14.4. The fourth-order valence-electron chi connectivity index (χ4n) is 5.22. The van der Waals surface area contributed by atoms with Crippen LogP contribution in [0.15, 0.2) is 59.5 Å². The number of methoxy groups -OCH3 is 2. The van der Waals surface area contributed by atoms with Crippen molar-refractivity contribution in [2.75, 3.05) is 20.8 Å². The molecule has 1 aliphatic heterocycles. The second-order valence-corrected chi connectivity index (χ2v) is 12.1. The second kappa shape index (κ2) is 12.2. The van der Waals surface area contributed by atoms with Gasteiger partial charge < -0.3 is 14.6 Å². The average molecular weight is 566 g/mol. The van der Waals surface area contributed by atoms with Crippen LogP contribution in [0.4, 0.5) is 0 Å². The number of hydrogen-bond donors (Lipinski definition) is 1. The third kappa shape index (κ3) is 6.54. The van der Waals surface area contributed by atoms with E-state index in [1.165, 1.54) is 30.7 Å². The molecule has 0 aromatic heterocycles. The van der Waals surface area contributed by atoms with Crippen molar-refractivity contribution in [3.8, 4) is 17.2 Å². The largest absolute Gasteiger partial charge is 0.507 e. The highest BCUT2D eigenvalue weighted by molar-refractivity contribution is 7.89. The molecule has 0 radical (unpaired) electrons. The molecule has 0 spiro atoms. The lowest BCUT2D eigenvalue weighted by Crippen LogP contribution is -2.41. The number of carbonyl (C=O) groups is 2. The summed E-state index contributed by atoms with van der Waals surface area (Å²) in [5.41, 5.74) is 3.67. The van der Waals surface area contributed by atoms with Crippen LogP contribution in [-0.4, -0.2) is 56.2 Å². The number of aromatic hydroxyl groups is 1. The van der Waals surface area contributed by atoms with E-state index in [9.17, 15) is 23.1 Å². The van der Waals surface area contributed by atoms with E-state index in [0.717, 1.165) is 16.7 Å². The number of nitrogens with zero attached hydrogens (tertiary/aromatic N) is 1. The fraction of sp³-hybridized carbons (Fsp3) is 0.355. The molecule has 4 rings (SSSR count). The third-order valence-corrected chi connectivity index (χ3v) is 9.17. The van der Waals surface area contributed by atoms with Gasteiger partial charge in [-0.1, -0.05) is 24.3 Å². The van der Waals surface area contributed by atoms with Gasteiger partial charge in [0, 0.05) is 31.9 Å². The van der Waals surface area contributed by atoms with Gasteiger partial charge in [-0.2, -0.15) is 4.31 Å². The lowest BCUT2D eigenvalue weighted by atomic mass is 9.99. The van der Waals surface area contributed by atoms with Gasteiger partial charge in [0.1, 0.15) is 23.0 Å². The maximum Gasteiger partial charge on any atom is 0.243 e. The topological polar surface area (TPSA) is 110 Å². The van der Waals surface area contributed by atoms with Crippen molar-refractivity contribution in [1.82, 2.24) is 4.31 Å². The van der Waals surface area contributed by atoms with Gasteiger partial charge in [-0.3, -0.25) is 9.59 Å². The van der Waals surface area contributed by atoms with Crippen molar-refractivity contribution in [1.29, 1.82) is 0 Å². The van der Waals surface area contributed by atoms with E-state index in [1.54, 1.807) is 56.3 Å². The minimum atomic E-state index is -3.90. The van der Waals surface area contributed by atoms with E-state index < -0.39 is 16.1 Å². The molecule has 0 bridgehead atoms. The van der Waals surface area contributed by atoms with Crippen molar-refractivity contribution < 1.29 is 32.6 Å². The first-order valence-electron chi connectivity index (χ1n) is 13.2. The number of ether oxygens (including phenoxy) is 2. The first-order chi connectivity index (χ1) is 19.0. The Kier molecular flexibility index (Phi) is 8.95. The lowest BCUT2D eigenvalue weighted by Gasteiger charge is -2.23. The van der Waals surface area contributed by atoms with Crippen molar-refractivity contribution in [2.24, 2.45) is 0 Å². The zero-order chi connectivity index (χ0) is 29.0. The quantitative estimate of drug-likeness (QED) is 0.368. The molecule has 1 atom stereocenters. The van der Waals surface area contributed by atoms with Gasteiger partial charge in [0.25, 0.3) is 0 Å². The Labute approximate surface area is 235 Å². The number of phenols is 1. The molecule has 1 heterocycles. The molecule has 1 N–H and O–H groups in total. The summed E-state index contributed by atoms with van der Waals surface area (Å²) in [5, 5.41) is 9.96. The molecule has 1 saturated heterocycles. The van der Waals surface area contributed by atoms with Gasteiger partial charge in [-0.15, -0.1) is 0 Å². The van der Waals surface area contributed by atoms with Gasteiger partial charge in [0.05, 0.1) is 25.2 Å². The molecular formula is C31H35NO7S. The summed E-state index contributed by atoms with van der Waals surface area (Å²) >= 11 is 0. The molecule has 212 valence electrons. The third-order valence-electron chi connectivity index (χ3n) is 7.25. The van der Waals surface area contributed by atoms with Crippen LogP contribution in [0.5, 0.6) is 17.2 Å². The van der Waals surface area contributed by atoms with Crippen LogP contribution in [-0.2, 0) is 38.9 Å². The molecule has 0 unspecified atom stereocenters. The van der Waals surface area contributed by atoms with Crippen LogP contribution in [0.2, 0.25) is 0 Å². The number of ketones is 2. The normalized spacial score (nSPS) is 15.7. The zero-order valence-corrected chi connectivity index (χ0v) is 24.1. The summed E-state index contributed by atoms with van der Waals surface area (Å²) in [6.07, 6.45) is 1.50. The maximum atomic E-state index is 13.5. The molecule has 0 saturated carbocycles. The SMILES string of the molecule is COc1cc(CC(=O)[C@@H]2CCCN2S(=O)(=O)c2ccc(CC(=O)Cc3cc(C)c(O)c(C)c3)cc2)cc(OC)c1. The molecule has 0 amide bonds. The molecule has 8 nitrogen and oxygen atoms in total. The Hall–Kier alpha value is -3.69. The predicted octanol–water partition coefficient (Wildman–Crippen LogP) is 4.35. The Morgan fingerprint density at radius 1 is 0.850 bits per heavy atom. The fourth-order valence-corrected chi connectivity index (χ4v) is 6.90. The number of aryl methyl sites for hydroxylation is 2. The number of carbonyl (C=O) groups excluding carboxylic acids is 2. The van der Waals surface area contributed by atoms with E-state index in [1.807, 2.05) is 0 Å². The average Bonchev–Trinajstić information content (AvgIpc) is 3.43. The van der Waals surface area contributed by atoms with Crippen molar-refractivity contribution in [2.45, 2.75) is 56.9 Å². The highest BCUT2D eigenvalue weighted by Gasteiger charge is 2.39. The first kappa shape index (κ1) is 29.3. The molecule has 9 heteroatoms. The number of Topliss-reactive ketones (excluding diaryl/α,β-unsaturated/α-hetero) is 2. The van der Waals surface area contributed by atoms with Gasteiger partial charge in [0.2, 0.25) is 10.0 Å². The lowest BCUT2D eigenvalue weighted by molar-refractivity contribution is -0.121. The predicted molar refractivity (Wildman–Crippen MR) is 152 cm³/mol. The minimum Gasteiger partial charge on any atom is -0.507 e. The summed E-state index contributed by atoms with van der Waals surface area (Å²) in [6.45, 7) is 3.86. The number of sulfonamides is 1. The van der Waals surface area contributed by atoms with Crippen LogP contribution in [0.1, 0.15) is 40.7 Å². The van der Waals surface area contributed by atoms with Gasteiger partial charge >= 0.3 is 0 Å². The van der Waals surface area contributed by atoms with E-state index in [-0.39, 0.29) is 48.0 Å². The summed E-state index contributed by atoms with van der Waals surface area (Å²) < 4.78 is 38.9. The van der Waals surface area contributed by atoms with Crippen molar-refractivity contribution in [3.63, 3.8) is 0 Å². The van der Waals surface area contributed by atoms with Gasteiger partial charge in [0.15, 0.2) is 5.78 Å². The molecule has 3 aromatic rings. The highest BCUT2D eigenvalue weighted by Crippen LogP contribution is 2.29. The van der Waals surface area contributed by atoms with E-state index >= 15 is 0 Å². The Bertz CT molecular complexity index is 1470. The first-order valence-corrected chi connectivity index (χ1v) is 14.6. The standard InChI is InChI=1S/C31H35NO7S/c1-20-12-23(13-21(2)31(20)35)15-25(33)14-22-7-9-28(10-8-22)40(36,37)32-11-5-6-29(32)30(34)18-24-16-26(38-3)19-27(17-24)39-4/h7-10,12-13,16-17,19,29,35H,5-6,11,14-15,18H2,1-4H3/t29-/m0/s1. The van der Waals surface area contributed by atoms with Crippen molar-refractivity contribution in [3.05, 3.63) is 82.4 Å². The number of hydrogen-bond acceptors (Lipinski definition) is 7. The van der Waals surface area contributed by atoms with Crippen molar-refractivity contribution >= 4 is 21.6 Å². The molecule has 3 aromatic carbocycles.